The van der Waals surface area contributed by atoms with Gasteiger partial charge in [-0.05, 0) is 38.0 Å². The van der Waals surface area contributed by atoms with E-state index in [9.17, 15) is 13.2 Å². The van der Waals surface area contributed by atoms with E-state index in [-0.39, 0.29) is 16.6 Å². The first-order valence-corrected chi connectivity index (χ1v) is 9.22. The molecule has 1 aromatic rings. The Bertz CT molecular complexity index is 613. The summed E-state index contributed by atoms with van der Waals surface area (Å²) in [5, 5.41) is 0. The van der Waals surface area contributed by atoms with Crippen molar-refractivity contribution in [2.75, 3.05) is 0 Å². The number of hydrogen-bond acceptors (Lipinski definition) is 4. The van der Waals surface area contributed by atoms with Crippen molar-refractivity contribution in [2.45, 2.75) is 44.6 Å². The largest absolute Gasteiger partial charge is 0.459 e. The minimum Gasteiger partial charge on any atom is -0.459 e. The number of carbonyl (C=O) groups excluding carboxylic acids is 1. The van der Waals surface area contributed by atoms with Crippen LogP contribution in [-0.2, 0) is 13.8 Å². The van der Waals surface area contributed by atoms with E-state index in [1.807, 2.05) is 6.92 Å². The van der Waals surface area contributed by atoms with E-state index in [2.05, 4.69) is 15.9 Å². The molecule has 0 aliphatic rings. The van der Waals surface area contributed by atoms with Crippen molar-refractivity contribution in [1.29, 1.82) is 0 Å². The number of esters is 1. The Balaban J connectivity index is 3.17. The summed E-state index contributed by atoms with van der Waals surface area (Å²) in [7, 11) is 1.41. The monoisotopic (exact) mass is 382 g/mol. The Hall–Kier alpha value is -0.590. The van der Waals surface area contributed by atoms with Gasteiger partial charge >= 0.3 is 5.97 Å². The number of hydrogen-bond donors (Lipinski definition) is 0. The van der Waals surface area contributed by atoms with Gasteiger partial charge in [-0.2, -0.15) is 0 Å². The number of carbonyl (C=O) groups is 1. The molecule has 1 aromatic carbocycles. The second-order valence-electron chi connectivity index (χ2n) is 4.52. The van der Waals surface area contributed by atoms with Crippen LogP contribution in [0.3, 0.4) is 0 Å². The molecule has 112 valence electrons. The highest BCUT2D eigenvalue weighted by Gasteiger charge is 2.20. The average molecular weight is 384 g/mol. The maximum atomic E-state index is 12.1. The van der Waals surface area contributed by atoms with Gasteiger partial charge in [0.15, 0.2) is 0 Å². The molecule has 1 atom stereocenters. The Morgan fingerprint density at radius 2 is 2.05 bits per heavy atom. The summed E-state index contributed by atoms with van der Waals surface area (Å²) in [5.74, 6) is -0.550. The summed E-state index contributed by atoms with van der Waals surface area (Å²) in [5.41, 5.74) is 0.810. The van der Waals surface area contributed by atoms with Crippen LogP contribution < -0.4 is 0 Å². The molecule has 0 aromatic heterocycles. The third-order valence-corrected chi connectivity index (χ3v) is 4.98. The number of benzene rings is 1. The molecule has 0 N–H and O–H groups in total. The predicted octanol–water partition coefficient (Wildman–Crippen LogP) is 4.03. The van der Waals surface area contributed by atoms with Gasteiger partial charge < -0.3 is 4.74 Å². The van der Waals surface area contributed by atoms with Crippen LogP contribution >= 0.6 is 26.6 Å². The van der Waals surface area contributed by atoms with E-state index in [4.69, 9.17) is 15.4 Å². The minimum absolute atomic E-state index is 0.133. The van der Waals surface area contributed by atoms with Crippen LogP contribution in [0.5, 0.6) is 0 Å². The van der Waals surface area contributed by atoms with Gasteiger partial charge in [0.1, 0.15) is 0 Å². The lowest BCUT2D eigenvalue weighted by Gasteiger charge is -2.14. The van der Waals surface area contributed by atoms with Crippen molar-refractivity contribution >= 4 is 41.6 Å². The topological polar surface area (TPSA) is 60.4 Å². The quantitative estimate of drug-likeness (QED) is 0.569. The van der Waals surface area contributed by atoms with Crippen LogP contribution in [0.15, 0.2) is 21.5 Å². The second kappa shape index (κ2) is 6.91. The smallest absolute Gasteiger partial charge is 0.338 e. The lowest BCUT2D eigenvalue weighted by molar-refractivity contribution is 0.0322. The lowest BCUT2D eigenvalue weighted by atomic mass is 10.1. The van der Waals surface area contributed by atoms with Gasteiger partial charge in [-0.3, -0.25) is 0 Å². The summed E-state index contributed by atoms with van der Waals surface area (Å²) >= 11 is 3.22. The third kappa shape index (κ3) is 4.46. The van der Waals surface area contributed by atoms with E-state index in [0.717, 1.165) is 12.8 Å². The van der Waals surface area contributed by atoms with Gasteiger partial charge in [0, 0.05) is 15.2 Å². The molecule has 0 saturated carbocycles. The maximum absolute atomic E-state index is 12.1. The molecule has 20 heavy (non-hydrogen) atoms. The molecular weight excluding hydrogens is 368 g/mol. The van der Waals surface area contributed by atoms with Gasteiger partial charge in [0.2, 0.25) is 0 Å². The minimum atomic E-state index is -3.90. The van der Waals surface area contributed by atoms with Crippen LogP contribution in [0, 0.1) is 6.92 Å². The van der Waals surface area contributed by atoms with Crippen molar-refractivity contribution < 1.29 is 17.9 Å². The van der Waals surface area contributed by atoms with Crippen molar-refractivity contribution in [3.8, 4) is 0 Å². The van der Waals surface area contributed by atoms with Crippen molar-refractivity contribution in [1.82, 2.24) is 0 Å². The Morgan fingerprint density at radius 3 is 2.55 bits per heavy atom. The summed E-state index contributed by atoms with van der Waals surface area (Å²) in [4.78, 5) is 12.0. The van der Waals surface area contributed by atoms with E-state index < -0.39 is 15.0 Å². The van der Waals surface area contributed by atoms with Crippen LogP contribution in [0.4, 0.5) is 0 Å². The summed E-state index contributed by atoms with van der Waals surface area (Å²) in [6, 6.07) is 2.60. The van der Waals surface area contributed by atoms with Crippen LogP contribution in [-0.4, -0.2) is 20.5 Å². The molecule has 0 aliphatic heterocycles. The van der Waals surface area contributed by atoms with E-state index in [1.165, 1.54) is 12.1 Å². The first-order valence-electron chi connectivity index (χ1n) is 6.12. The Morgan fingerprint density at radius 1 is 1.45 bits per heavy atom. The van der Waals surface area contributed by atoms with Gasteiger partial charge in [-0.25, -0.2) is 13.2 Å². The summed E-state index contributed by atoms with van der Waals surface area (Å²) < 4.78 is 28.6. The van der Waals surface area contributed by atoms with Crippen molar-refractivity contribution in [2.24, 2.45) is 0 Å². The Kier molecular flexibility index (Phi) is 6.04. The van der Waals surface area contributed by atoms with Gasteiger partial charge in [0.25, 0.3) is 9.05 Å². The normalized spacial score (nSPS) is 13.1. The number of ether oxygens (including phenoxy) is 1. The zero-order chi connectivity index (χ0) is 15.5. The second-order valence-corrected chi connectivity index (χ2v) is 7.94. The standard InChI is InChI=1S/C13H16BrClO4S/c1-4-5-8(2)19-13(16)11-6-10(20(15,17)18)7-12(14)9(11)3/h6-8H,4-5H2,1-3H3. The molecule has 0 radical (unpaired) electrons. The summed E-state index contributed by atoms with van der Waals surface area (Å²) in [6.45, 7) is 5.50. The highest BCUT2D eigenvalue weighted by atomic mass is 79.9. The van der Waals surface area contributed by atoms with Gasteiger partial charge in [0.05, 0.1) is 16.6 Å². The molecule has 0 saturated heterocycles. The molecule has 1 unspecified atom stereocenters. The molecule has 7 heteroatoms. The van der Waals surface area contributed by atoms with E-state index in [1.54, 1.807) is 13.8 Å². The molecule has 1 rings (SSSR count). The SMILES string of the molecule is CCCC(C)OC(=O)c1cc(S(=O)(=O)Cl)cc(Br)c1C. The van der Waals surface area contributed by atoms with E-state index in [0.29, 0.717) is 10.0 Å². The van der Waals surface area contributed by atoms with Crippen molar-refractivity contribution in [3.63, 3.8) is 0 Å². The molecule has 0 spiro atoms. The van der Waals surface area contributed by atoms with Crippen LogP contribution in [0.1, 0.15) is 42.6 Å². The fraction of sp³-hybridized carbons (Fsp3) is 0.462. The predicted molar refractivity (Wildman–Crippen MR) is 81.7 cm³/mol. The molecule has 0 bridgehead atoms. The molecule has 4 nitrogen and oxygen atoms in total. The third-order valence-electron chi connectivity index (χ3n) is 2.82. The highest BCUT2D eigenvalue weighted by molar-refractivity contribution is 9.10. The first kappa shape index (κ1) is 17.5. The fourth-order valence-corrected chi connectivity index (χ4v) is 3.11. The number of halogens is 2. The van der Waals surface area contributed by atoms with E-state index >= 15 is 0 Å². The average Bonchev–Trinajstić information content (AvgIpc) is 2.31. The lowest BCUT2D eigenvalue weighted by Crippen LogP contribution is -2.16. The zero-order valence-electron chi connectivity index (χ0n) is 11.4. The van der Waals surface area contributed by atoms with Crippen LogP contribution in [0.2, 0.25) is 0 Å². The van der Waals surface area contributed by atoms with Crippen LogP contribution in [0.25, 0.3) is 0 Å². The first-order chi connectivity index (χ1) is 9.16. The molecule has 0 amide bonds. The number of rotatable bonds is 5. The molecular formula is C13H16BrClO4S. The van der Waals surface area contributed by atoms with Crippen molar-refractivity contribution in [3.05, 3.63) is 27.7 Å². The molecule has 0 heterocycles. The Labute approximate surface area is 132 Å². The molecule has 0 fully saturated rings. The maximum Gasteiger partial charge on any atom is 0.338 e. The zero-order valence-corrected chi connectivity index (χ0v) is 14.6. The molecule has 0 aliphatic carbocycles. The summed E-state index contributed by atoms with van der Waals surface area (Å²) in [6.07, 6.45) is 1.43. The highest BCUT2D eigenvalue weighted by Crippen LogP contribution is 2.27. The van der Waals surface area contributed by atoms with Gasteiger partial charge in [-0.1, -0.05) is 29.3 Å². The fourth-order valence-electron chi connectivity index (χ4n) is 1.72. The van der Waals surface area contributed by atoms with Gasteiger partial charge in [-0.15, -0.1) is 0 Å².